The molecule has 3 heterocycles. The Balaban J connectivity index is 1.72. The number of aryl methyl sites for hydroxylation is 3. The molecule has 0 aliphatic heterocycles. The normalized spacial score (nSPS) is 11.0. The van der Waals surface area contributed by atoms with Crippen LogP contribution in [0.15, 0.2) is 66.2 Å². The van der Waals surface area contributed by atoms with E-state index in [1.54, 1.807) is 0 Å². The van der Waals surface area contributed by atoms with Crippen LogP contribution in [0, 0.1) is 0 Å². The molecule has 1 N–H and O–H groups in total. The summed E-state index contributed by atoms with van der Waals surface area (Å²) in [6, 6.07) is 11.6. The summed E-state index contributed by atoms with van der Waals surface area (Å²) < 4.78 is 4.00. The standard InChI is InChI=1S/C20H20N6O/c1-2-26-12-16(11-24-26)20-19(15-6-4-3-5-7-15)23-14-25(20)9-8-17-10-18(27)22-13-21-17/h3-7,10-14H,2,8-9H2,1H3,(H,21,22,27). The molecule has 27 heavy (non-hydrogen) atoms. The summed E-state index contributed by atoms with van der Waals surface area (Å²) >= 11 is 0. The van der Waals surface area contributed by atoms with Crippen LogP contribution in [0.4, 0.5) is 0 Å². The molecule has 3 aromatic heterocycles. The SMILES string of the molecule is CCn1cc(-c2c(-c3ccccc3)ncn2CCc2cc(=O)[nH]cn2)cn1. The molecule has 0 saturated heterocycles. The minimum atomic E-state index is -0.139. The molecule has 0 spiro atoms. The number of H-pyrrole nitrogens is 1. The fourth-order valence-corrected chi connectivity index (χ4v) is 3.10. The van der Waals surface area contributed by atoms with Gasteiger partial charge in [-0.1, -0.05) is 30.3 Å². The lowest BCUT2D eigenvalue weighted by atomic mass is 10.1. The van der Waals surface area contributed by atoms with E-state index < -0.39 is 0 Å². The third-order valence-corrected chi connectivity index (χ3v) is 4.46. The summed E-state index contributed by atoms with van der Waals surface area (Å²) in [5, 5.41) is 4.41. The Hall–Kier alpha value is -3.48. The number of nitrogens with one attached hydrogen (secondary N) is 1. The second-order valence-electron chi connectivity index (χ2n) is 6.24. The predicted molar refractivity (Wildman–Crippen MR) is 103 cm³/mol. The van der Waals surface area contributed by atoms with Crippen molar-refractivity contribution in [1.29, 1.82) is 0 Å². The van der Waals surface area contributed by atoms with Gasteiger partial charge in [0.15, 0.2) is 0 Å². The van der Waals surface area contributed by atoms with Gasteiger partial charge < -0.3 is 9.55 Å². The lowest BCUT2D eigenvalue weighted by molar-refractivity contribution is 0.659. The van der Waals surface area contributed by atoms with Crippen molar-refractivity contribution in [1.82, 2.24) is 29.3 Å². The van der Waals surface area contributed by atoms with E-state index in [1.165, 1.54) is 12.4 Å². The monoisotopic (exact) mass is 360 g/mol. The minimum Gasteiger partial charge on any atom is -0.330 e. The maximum absolute atomic E-state index is 11.5. The number of imidazole rings is 1. The van der Waals surface area contributed by atoms with E-state index in [0.29, 0.717) is 13.0 Å². The molecule has 7 nitrogen and oxygen atoms in total. The van der Waals surface area contributed by atoms with Crippen LogP contribution in [0.3, 0.4) is 0 Å². The summed E-state index contributed by atoms with van der Waals surface area (Å²) in [5.74, 6) is 0. The Labute approximate surface area is 156 Å². The molecule has 0 amide bonds. The molecule has 0 atom stereocenters. The molecule has 0 saturated carbocycles. The first-order valence-electron chi connectivity index (χ1n) is 8.91. The fourth-order valence-electron chi connectivity index (χ4n) is 3.10. The highest BCUT2D eigenvalue weighted by Gasteiger charge is 2.16. The number of benzene rings is 1. The lowest BCUT2D eigenvalue weighted by Gasteiger charge is -2.09. The van der Waals surface area contributed by atoms with Crippen LogP contribution < -0.4 is 5.56 Å². The Bertz CT molecular complexity index is 1090. The average Bonchev–Trinajstić information content (AvgIpc) is 3.33. The second-order valence-corrected chi connectivity index (χ2v) is 6.24. The number of hydrogen-bond acceptors (Lipinski definition) is 4. The van der Waals surface area contributed by atoms with Gasteiger partial charge in [-0.15, -0.1) is 0 Å². The number of aromatic nitrogens is 6. The molecular formula is C20H20N6O. The zero-order valence-electron chi connectivity index (χ0n) is 15.0. The van der Waals surface area contributed by atoms with E-state index in [9.17, 15) is 4.79 Å². The van der Waals surface area contributed by atoms with Gasteiger partial charge in [-0.3, -0.25) is 9.48 Å². The number of aromatic amines is 1. The van der Waals surface area contributed by atoms with Gasteiger partial charge in [-0.05, 0) is 6.92 Å². The van der Waals surface area contributed by atoms with Crippen LogP contribution in [0.2, 0.25) is 0 Å². The van der Waals surface area contributed by atoms with Gasteiger partial charge in [0.25, 0.3) is 5.56 Å². The maximum Gasteiger partial charge on any atom is 0.250 e. The number of hydrogen-bond donors (Lipinski definition) is 1. The summed E-state index contributed by atoms with van der Waals surface area (Å²) in [5.41, 5.74) is 4.64. The van der Waals surface area contributed by atoms with E-state index in [1.807, 2.05) is 41.6 Å². The molecule has 0 unspecified atom stereocenters. The highest BCUT2D eigenvalue weighted by Crippen LogP contribution is 2.31. The number of nitrogens with zero attached hydrogens (tertiary/aromatic N) is 5. The first kappa shape index (κ1) is 17.0. The van der Waals surface area contributed by atoms with Crippen molar-refractivity contribution < 1.29 is 0 Å². The van der Waals surface area contributed by atoms with E-state index in [-0.39, 0.29) is 5.56 Å². The van der Waals surface area contributed by atoms with Crippen LogP contribution in [-0.4, -0.2) is 29.3 Å². The van der Waals surface area contributed by atoms with Crippen LogP contribution >= 0.6 is 0 Å². The summed E-state index contributed by atoms with van der Waals surface area (Å²) in [6.45, 7) is 3.54. The van der Waals surface area contributed by atoms with Gasteiger partial charge in [-0.2, -0.15) is 5.10 Å². The van der Waals surface area contributed by atoms with E-state index in [2.05, 4.69) is 43.7 Å². The molecule has 7 heteroatoms. The molecule has 0 aliphatic carbocycles. The molecule has 0 bridgehead atoms. The van der Waals surface area contributed by atoms with Crippen molar-refractivity contribution >= 4 is 0 Å². The van der Waals surface area contributed by atoms with Crippen molar-refractivity contribution in [2.24, 2.45) is 0 Å². The van der Waals surface area contributed by atoms with Crippen LogP contribution in [0.25, 0.3) is 22.5 Å². The van der Waals surface area contributed by atoms with E-state index in [0.717, 1.165) is 34.8 Å². The highest BCUT2D eigenvalue weighted by atomic mass is 16.1. The van der Waals surface area contributed by atoms with Gasteiger partial charge in [-0.25, -0.2) is 9.97 Å². The molecule has 1 aromatic carbocycles. The zero-order valence-corrected chi connectivity index (χ0v) is 15.0. The minimum absolute atomic E-state index is 0.139. The van der Waals surface area contributed by atoms with Gasteiger partial charge in [0.2, 0.25) is 0 Å². The van der Waals surface area contributed by atoms with E-state index >= 15 is 0 Å². The van der Waals surface area contributed by atoms with Gasteiger partial charge >= 0.3 is 0 Å². The molecule has 136 valence electrons. The molecule has 4 aromatic rings. The average molecular weight is 360 g/mol. The van der Waals surface area contributed by atoms with Gasteiger partial charge in [0, 0.05) is 48.6 Å². The van der Waals surface area contributed by atoms with Gasteiger partial charge in [0.05, 0.1) is 30.2 Å². The summed E-state index contributed by atoms with van der Waals surface area (Å²) in [7, 11) is 0. The predicted octanol–water partition coefficient (Wildman–Crippen LogP) is 2.76. The van der Waals surface area contributed by atoms with Crippen molar-refractivity contribution in [3.05, 3.63) is 77.5 Å². The number of rotatable bonds is 6. The van der Waals surface area contributed by atoms with E-state index in [4.69, 9.17) is 0 Å². The lowest BCUT2D eigenvalue weighted by Crippen LogP contribution is -2.09. The van der Waals surface area contributed by atoms with Crippen molar-refractivity contribution in [3.63, 3.8) is 0 Å². The fraction of sp³-hybridized carbons (Fsp3) is 0.200. The van der Waals surface area contributed by atoms with Gasteiger partial charge in [0.1, 0.15) is 0 Å². The Morgan fingerprint density at radius 2 is 1.96 bits per heavy atom. The molecular weight excluding hydrogens is 340 g/mol. The van der Waals surface area contributed by atoms with Crippen LogP contribution in [0.1, 0.15) is 12.6 Å². The largest absolute Gasteiger partial charge is 0.330 e. The molecule has 0 radical (unpaired) electrons. The van der Waals surface area contributed by atoms with Crippen molar-refractivity contribution in [2.45, 2.75) is 26.4 Å². The first-order chi connectivity index (χ1) is 13.2. The Morgan fingerprint density at radius 3 is 2.70 bits per heavy atom. The van der Waals surface area contributed by atoms with Crippen molar-refractivity contribution in [3.8, 4) is 22.5 Å². The van der Waals surface area contributed by atoms with Crippen LogP contribution in [0.5, 0.6) is 0 Å². The smallest absolute Gasteiger partial charge is 0.250 e. The topological polar surface area (TPSA) is 81.4 Å². The molecule has 0 aliphatic rings. The summed E-state index contributed by atoms with van der Waals surface area (Å²) in [4.78, 5) is 22.9. The Morgan fingerprint density at radius 1 is 1.11 bits per heavy atom. The highest BCUT2D eigenvalue weighted by molar-refractivity contribution is 5.78. The zero-order chi connectivity index (χ0) is 18.6. The molecule has 4 rings (SSSR count). The van der Waals surface area contributed by atoms with Crippen LogP contribution in [-0.2, 0) is 19.5 Å². The second kappa shape index (κ2) is 7.41. The third kappa shape index (κ3) is 3.57. The third-order valence-electron chi connectivity index (χ3n) is 4.46. The quantitative estimate of drug-likeness (QED) is 0.573. The maximum atomic E-state index is 11.5. The summed E-state index contributed by atoms with van der Waals surface area (Å²) in [6.07, 6.45) is 7.82. The Kier molecular flexibility index (Phi) is 4.65. The first-order valence-corrected chi connectivity index (χ1v) is 8.91. The van der Waals surface area contributed by atoms with Crippen molar-refractivity contribution in [2.75, 3.05) is 0 Å². The molecule has 0 fully saturated rings.